The van der Waals surface area contributed by atoms with Gasteiger partial charge in [0.1, 0.15) is 11.5 Å². The summed E-state index contributed by atoms with van der Waals surface area (Å²) in [6, 6.07) is 9.34. The molecule has 19 heavy (non-hydrogen) atoms. The molecule has 0 aliphatic heterocycles. The van der Waals surface area contributed by atoms with E-state index in [4.69, 9.17) is 14.3 Å². The Balaban J connectivity index is 2.05. The van der Waals surface area contributed by atoms with Gasteiger partial charge in [0.25, 0.3) is 5.95 Å². The average molecular weight is 260 g/mol. The van der Waals surface area contributed by atoms with Crippen molar-refractivity contribution < 1.29 is 19.1 Å². The van der Waals surface area contributed by atoms with Gasteiger partial charge in [0.15, 0.2) is 0 Å². The van der Waals surface area contributed by atoms with Gasteiger partial charge in [-0.1, -0.05) is 17.7 Å². The SMILES string of the molecule is Cc1ccc(Oc2ccc(CCC(=O)O)o2)c(C)c1. The van der Waals surface area contributed by atoms with Gasteiger partial charge in [0.05, 0.1) is 6.42 Å². The predicted octanol–water partition coefficient (Wildman–Crippen LogP) is 3.71. The Labute approximate surface area is 111 Å². The van der Waals surface area contributed by atoms with Crippen LogP contribution in [0.4, 0.5) is 0 Å². The summed E-state index contributed by atoms with van der Waals surface area (Å²) in [6.45, 7) is 3.99. The molecule has 1 N–H and O–H groups in total. The van der Waals surface area contributed by atoms with Crippen molar-refractivity contribution >= 4 is 5.97 Å². The third-order valence-corrected chi connectivity index (χ3v) is 2.76. The zero-order valence-electron chi connectivity index (χ0n) is 11.0. The highest BCUT2D eigenvalue weighted by Crippen LogP contribution is 2.27. The Bertz CT molecular complexity index is 584. The molecule has 1 aromatic carbocycles. The van der Waals surface area contributed by atoms with Crippen LogP contribution < -0.4 is 4.74 Å². The number of hydrogen-bond donors (Lipinski definition) is 1. The summed E-state index contributed by atoms with van der Waals surface area (Å²) < 4.78 is 11.1. The summed E-state index contributed by atoms with van der Waals surface area (Å²) in [5.74, 6) is 0.896. The molecule has 1 aromatic heterocycles. The van der Waals surface area contributed by atoms with Gasteiger partial charge in [-0.25, -0.2) is 0 Å². The second kappa shape index (κ2) is 5.61. The maximum absolute atomic E-state index is 10.5. The van der Waals surface area contributed by atoms with Crippen LogP contribution in [0.5, 0.6) is 11.7 Å². The van der Waals surface area contributed by atoms with E-state index in [2.05, 4.69) is 0 Å². The lowest BCUT2D eigenvalue weighted by molar-refractivity contribution is -0.137. The Morgan fingerprint density at radius 2 is 2.05 bits per heavy atom. The van der Waals surface area contributed by atoms with Crippen LogP contribution in [0.15, 0.2) is 34.7 Å². The van der Waals surface area contributed by atoms with E-state index < -0.39 is 5.97 Å². The molecule has 0 bridgehead atoms. The Morgan fingerprint density at radius 1 is 1.26 bits per heavy atom. The van der Waals surface area contributed by atoms with Crippen LogP contribution >= 0.6 is 0 Å². The number of ether oxygens (including phenoxy) is 1. The second-order valence-corrected chi connectivity index (χ2v) is 4.49. The van der Waals surface area contributed by atoms with Crippen molar-refractivity contribution in [2.24, 2.45) is 0 Å². The first-order valence-corrected chi connectivity index (χ1v) is 6.10. The van der Waals surface area contributed by atoms with Gasteiger partial charge >= 0.3 is 5.97 Å². The number of carbonyl (C=O) groups is 1. The number of furan rings is 1. The van der Waals surface area contributed by atoms with Gasteiger partial charge in [-0.05, 0) is 31.5 Å². The van der Waals surface area contributed by atoms with Gasteiger partial charge in [-0.3, -0.25) is 4.79 Å². The van der Waals surface area contributed by atoms with Crippen molar-refractivity contribution in [3.63, 3.8) is 0 Å². The summed E-state index contributed by atoms with van der Waals surface area (Å²) in [7, 11) is 0. The van der Waals surface area contributed by atoms with E-state index in [1.165, 1.54) is 5.56 Å². The lowest BCUT2D eigenvalue weighted by Gasteiger charge is -2.06. The molecule has 0 unspecified atom stereocenters. The number of aryl methyl sites for hydroxylation is 3. The molecule has 0 saturated heterocycles. The normalized spacial score (nSPS) is 10.4. The monoisotopic (exact) mass is 260 g/mol. The first-order valence-electron chi connectivity index (χ1n) is 6.10. The van der Waals surface area contributed by atoms with Crippen molar-refractivity contribution in [3.8, 4) is 11.7 Å². The van der Waals surface area contributed by atoms with Gasteiger partial charge in [0.2, 0.25) is 0 Å². The molecule has 0 saturated carbocycles. The van der Waals surface area contributed by atoms with E-state index >= 15 is 0 Å². The molecule has 2 aromatic rings. The topological polar surface area (TPSA) is 59.7 Å². The zero-order valence-corrected chi connectivity index (χ0v) is 11.0. The summed E-state index contributed by atoms with van der Waals surface area (Å²) in [6.07, 6.45) is 0.419. The lowest BCUT2D eigenvalue weighted by atomic mass is 10.1. The fourth-order valence-electron chi connectivity index (χ4n) is 1.80. The fourth-order valence-corrected chi connectivity index (χ4v) is 1.80. The van der Waals surface area contributed by atoms with E-state index in [-0.39, 0.29) is 6.42 Å². The summed E-state index contributed by atoms with van der Waals surface area (Å²) in [5.41, 5.74) is 2.20. The molecule has 2 rings (SSSR count). The third-order valence-electron chi connectivity index (χ3n) is 2.76. The minimum Gasteiger partial charge on any atom is -0.481 e. The lowest BCUT2D eigenvalue weighted by Crippen LogP contribution is -1.96. The molecule has 100 valence electrons. The molecule has 0 aliphatic carbocycles. The second-order valence-electron chi connectivity index (χ2n) is 4.49. The minimum absolute atomic E-state index is 0.0521. The number of carboxylic acids is 1. The first-order chi connectivity index (χ1) is 9.04. The third kappa shape index (κ3) is 3.61. The first kappa shape index (κ1) is 13.2. The summed E-state index contributed by atoms with van der Waals surface area (Å²) >= 11 is 0. The molecular formula is C15H16O4. The highest BCUT2D eigenvalue weighted by molar-refractivity contribution is 5.66. The van der Waals surface area contributed by atoms with Crippen LogP contribution in [0.3, 0.4) is 0 Å². The predicted molar refractivity (Wildman–Crippen MR) is 70.7 cm³/mol. The Morgan fingerprint density at radius 3 is 2.74 bits per heavy atom. The molecule has 0 radical (unpaired) electrons. The molecule has 1 heterocycles. The zero-order chi connectivity index (χ0) is 13.8. The van der Waals surface area contributed by atoms with Crippen molar-refractivity contribution in [3.05, 3.63) is 47.2 Å². The molecule has 0 aliphatic rings. The summed E-state index contributed by atoms with van der Waals surface area (Å²) in [5, 5.41) is 8.61. The minimum atomic E-state index is -0.840. The van der Waals surface area contributed by atoms with Gasteiger partial charge < -0.3 is 14.3 Å². The molecule has 0 atom stereocenters. The maximum atomic E-state index is 10.5. The highest BCUT2D eigenvalue weighted by atomic mass is 16.6. The van der Waals surface area contributed by atoms with Crippen LogP contribution in [-0.4, -0.2) is 11.1 Å². The van der Waals surface area contributed by atoms with Crippen LogP contribution in [0.2, 0.25) is 0 Å². The van der Waals surface area contributed by atoms with Crippen molar-refractivity contribution in [2.75, 3.05) is 0 Å². The molecule has 0 amide bonds. The summed E-state index contributed by atoms with van der Waals surface area (Å²) in [4.78, 5) is 10.5. The largest absolute Gasteiger partial charge is 0.481 e. The number of benzene rings is 1. The van der Waals surface area contributed by atoms with E-state index in [1.807, 2.05) is 32.0 Å². The molecule has 4 heteroatoms. The van der Waals surface area contributed by atoms with E-state index in [0.717, 1.165) is 11.3 Å². The van der Waals surface area contributed by atoms with Crippen molar-refractivity contribution in [1.82, 2.24) is 0 Å². The van der Waals surface area contributed by atoms with E-state index in [9.17, 15) is 4.79 Å². The Hall–Kier alpha value is -2.23. The van der Waals surface area contributed by atoms with Gasteiger partial charge in [-0.15, -0.1) is 0 Å². The van der Waals surface area contributed by atoms with Crippen molar-refractivity contribution in [1.29, 1.82) is 0 Å². The van der Waals surface area contributed by atoms with E-state index in [0.29, 0.717) is 18.1 Å². The number of aliphatic carboxylic acids is 1. The Kier molecular flexibility index (Phi) is 3.90. The number of hydrogen-bond acceptors (Lipinski definition) is 3. The fraction of sp³-hybridized carbons (Fsp3) is 0.267. The quantitative estimate of drug-likeness (QED) is 0.890. The number of rotatable bonds is 5. The van der Waals surface area contributed by atoms with Crippen molar-refractivity contribution in [2.45, 2.75) is 26.7 Å². The van der Waals surface area contributed by atoms with Gasteiger partial charge in [0, 0.05) is 12.5 Å². The number of carboxylic acid groups (broad SMARTS) is 1. The van der Waals surface area contributed by atoms with Crippen LogP contribution in [-0.2, 0) is 11.2 Å². The molecular weight excluding hydrogens is 244 g/mol. The smallest absolute Gasteiger partial charge is 0.303 e. The van der Waals surface area contributed by atoms with Crippen LogP contribution in [0.1, 0.15) is 23.3 Å². The van der Waals surface area contributed by atoms with Crippen LogP contribution in [0.25, 0.3) is 0 Å². The van der Waals surface area contributed by atoms with E-state index in [1.54, 1.807) is 12.1 Å². The molecule has 0 fully saturated rings. The molecule has 0 spiro atoms. The van der Waals surface area contributed by atoms with Crippen LogP contribution in [0, 0.1) is 13.8 Å². The maximum Gasteiger partial charge on any atom is 0.303 e. The van der Waals surface area contributed by atoms with Gasteiger partial charge in [-0.2, -0.15) is 0 Å². The highest BCUT2D eigenvalue weighted by Gasteiger charge is 2.08. The average Bonchev–Trinajstić information content (AvgIpc) is 2.78. The standard InChI is InChI=1S/C15H16O4/c1-10-3-6-13(11(2)9-10)19-15-8-5-12(18-15)4-7-14(16)17/h3,5-6,8-9H,4,7H2,1-2H3,(H,16,17). The molecule has 4 nitrogen and oxygen atoms in total.